The predicted molar refractivity (Wildman–Crippen MR) is 77.5 cm³/mol. The van der Waals surface area contributed by atoms with Crippen LogP contribution in [0, 0.1) is 5.82 Å². The molecule has 0 aliphatic rings. The summed E-state index contributed by atoms with van der Waals surface area (Å²) in [5.74, 6) is -0.180. The Hall–Kier alpha value is -1.67. The van der Waals surface area contributed by atoms with E-state index >= 15 is 0 Å². The normalized spacial score (nSPS) is 12.4. The second-order valence-corrected chi connectivity index (χ2v) is 4.78. The Morgan fingerprint density at radius 1 is 1.05 bits per heavy atom. The van der Waals surface area contributed by atoms with Crippen LogP contribution in [0.1, 0.15) is 36.6 Å². The smallest absolute Gasteiger partial charge is 0.123 e. The molecule has 19 heavy (non-hydrogen) atoms. The average Bonchev–Trinajstić information content (AvgIpc) is 2.45. The molecule has 0 aliphatic heterocycles. The van der Waals surface area contributed by atoms with Crippen LogP contribution in [0.2, 0.25) is 0 Å². The maximum atomic E-state index is 13.2. The number of benzene rings is 2. The molecule has 0 aliphatic carbocycles. The van der Waals surface area contributed by atoms with Gasteiger partial charge in [-0.05, 0) is 42.2 Å². The van der Waals surface area contributed by atoms with Gasteiger partial charge in [-0.25, -0.2) is 4.39 Å². The van der Waals surface area contributed by atoms with Gasteiger partial charge < -0.3 is 5.32 Å². The number of hydrogen-bond acceptors (Lipinski definition) is 1. The zero-order valence-electron chi connectivity index (χ0n) is 11.5. The molecule has 0 unspecified atom stereocenters. The van der Waals surface area contributed by atoms with Crippen LogP contribution in [0.25, 0.3) is 0 Å². The van der Waals surface area contributed by atoms with E-state index in [9.17, 15) is 4.39 Å². The zero-order chi connectivity index (χ0) is 13.7. The third-order valence-electron chi connectivity index (χ3n) is 3.45. The molecule has 0 fully saturated rings. The molecule has 2 aromatic carbocycles. The summed E-state index contributed by atoms with van der Waals surface area (Å²) in [5, 5.41) is 3.45. The van der Waals surface area contributed by atoms with Crippen LogP contribution in [0.4, 0.5) is 4.39 Å². The van der Waals surface area contributed by atoms with Crippen molar-refractivity contribution in [1.82, 2.24) is 5.32 Å². The highest BCUT2D eigenvalue weighted by atomic mass is 19.1. The van der Waals surface area contributed by atoms with E-state index in [1.54, 1.807) is 12.1 Å². The van der Waals surface area contributed by atoms with Gasteiger partial charge in [0, 0.05) is 12.6 Å². The first kappa shape index (κ1) is 13.8. The van der Waals surface area contributed by atoms with E-state index in [1.807, 2.05) is 6.07 Å². The molecule has 0 heterocycles. The lowest BCUT2D eigenvalue weighted by molar-refractivity contribution is 0.563. The summed E-state index contributed by atoms with van der Waals surface area (Å²) in [6, 6.07) is 15.3. The Balaban J connectivity index is 2.02. The van der Waals surface area contributed by atoms with Gasteiger partial charge in [0.2, 0.25) is 0 Å². The number of rotatable bonds is 5. The van der Waals surface area contributed by atoms with Crippen LogP contribution < -0.4 is 5.32 Å². The monoisotopic (exact) mass is 257 g/mol. The van der Waals surface area contributed by atoms with Gasteiger partial charge in [0.05, 0.1) is 0 Å². The molecule has 2 aromatic rings. The molecule has 1 nitrogen and oxygen atoms in total. The van der Waals surface area contributed by atoms with Crippen molar-refractivity contribution < 1.29 is 4.39 Å². The highest BCUT2D eigenvalue weighted by Crippen LogP contribution is 2.15. The molecule has 2 rings (SSSR count). The summed E-state index contributed by atoms with van der Waals surface area (Å²) in [6.45, 7) is 5.03. The van der Waals surface area contributed by atoms with Crippen LogP contribution in [0.15, 0.2) is 48.5 Å². The van der Waals surface area contributed by atoms with Crippen molar-refractivity contribution in [1.29, 1.82) is 0 Å². The first-order valence-electron chi connectivity index (χ1n) is 6.76. The fraction of sp³-hybridized carbons (Fsp3) is 0.294. The molecular weight excluding hydrogens is 237 g/mol. The van der Waals surface area contributed by atoms with Gasteiger partial charge in [0.15, 0.2) is 0 Å². The second kappa shape index (κ2) is 6.48. The third kappa shape index (κ3) is 3.65. The number of nitrogens with one attached hydrogen (secondary N) is 1. The van der Waals surface area contributed by atoms with Gasteiger partial charge in [-0.3, -0.25) is 0 Å². The summed E-state index contributed by atoms with van der Waals surface area (Å²) >= 11 is 0. The van der Waals surface area contributed by atoms with Crippen molar-refractivity contribution in [2.75, 3.05) is 0 Å². The lowest BCUT2D eigenvalue weighted by Crippen LogP contribution is -2.19. The third-order valence-corrected chi connectivity index (χ3v) is 3.45. The zero-order valence-corrected chi connectivity index (χ0v) is 11.5. The van der Waals surface area contributed by atoms with Crippen LogP contribution in [-0.4, -0.2) is 0 Å². The van der Waals surface area contributed by atoms with Crippen molar-refractivity contribution in [3.63, 3.8) is 0 Å². The molecule has 0 saturated heterocycles. The predicted octanol–water partition coefficient (Wildman–Crippen LogP) is 4.24. The first-order chi connectivity index (χ1) is 9.20. The van der Waals surface area contributed by atoms with Gasteiger partial charge in [0.1, 0.15) is 5.82 Å². The Kier molecular flexibility index (Phi) is 4.69. The van der Waals surface area contributed by atoms with E-state index in [2.05, 4.69) is 43.4 Å². The Bertz CT molecular complexity index is 536. The molecule has 1 atom stereocenters. The van der Waals surface area contributed by atoms with Gasteiger partial charge in [-0.15, -0.1) is 0 Å². The van der Waals surface area contributed by atoms with Gasteiger partial charge in [0.25, 0.3) is 0 Å². The summed E-state index contributed by atoms with van der Waals surface area (Å²) in [6.07, 6.45) is 1.03. The van der Waals surface area contributed by atoms with Crippen molar-refractivity contribution in [2.24, 2.45) is 0 Å². The first-order valence-corrected chi connectivity index (χ1v) is 6.76. The van der Waals surface area contributed by atoms with E-state index in [0.717, 1.165) is 18.5 Å². The van der Waals surface area contributed by atoms with E-state index < -0.39 is 0 Å². The Morgan fingerprint density at radius 2 is 1.79 bits per heavy atom. The number of hydrogen-bond donors (Lipinski definition) is 1. The lowest BCUT2D eigenvalue weighted by atomic mass is 10.0. The number of halogens is 1. The van der Waals surface area contributed by atoms with Crippen LogP contribution in [-0.2, 0) is 13.0 Å². The molecule has 0 amide bonds. The summed E-state index contributed by atoms with van der Waals surface area (Å²) in [7, 11) is 0. The average molecular weight is 257 g/mol. The van der Waals surface area contributed by atoms with Gasteiger partial charge >= 0.3 is 0 Å². The van der Waals surface area contributed by atoms with Crippen molar-refractivity contribution >= 4 is 0 Å². The Labute approximate surface area is 114 Å². The Morgan fingerprint density at radius 3 is 2.47 bits per heavy atom. The molecule has 0 bridgehead atoms. The fourth-order valence-electron chi connectivity index (χ4n) is 2.23. The topological polar surface area (TPSA) is 12.0 Å². The van der Waals surface area contributed by atoms with E-state index in [4.69, 9.17) is 0 Å². The van der Waals surface area contributed by atoms with E-state index in [-0.39, 0.29) is 11.9 Å². The minimum Gasteiger partial charge on any atom is -0.306 e. The molecule has 0 saturated carbocycles. The van der Waals surface area contributed by atoms with Crippen LogP contribution in [0.5, 0.6) is 0 Å². The van der Waals surface area contributed by atoms with Crippen molar-refractivity contribution in [2.45, 2.75) is 32.9 Å². The number of aryl methyl sites for hydroxylation is 1. The maximum absolute atomic E-state index is 13.2. The highest BCUT2D eigenvalue weighted by Gasteiger charge is 2.07. The molecule has 0 aromatic heterocycles. The molecule has 100 valence electrons. The van der Waals surface area contributed by atoms with Crippen LogP contribution >= 0.6 is 0 Å². The largest absolute Gasteiger partial charge is 0.306 e. The molecular formula is C17H20FN. The van der Waals surface area contributed by atoms with Crippen molar-refractivity contribution in [3.05, 3.63) is 71.0 Å². The molecule has 2 heteroatoms. The summed E-state index contributed by atoms with van der Waals surface area (Å²) in [5.41, 5.74) is 3.66. The molecule has 1 N–H and O–H groups in total. The minimum atomic E-state index is -0.180. The summed E-state index contributed by atoms with van der Waals surface area (Å²) < 4.78 is 13.2. The fourth-order valence-corrected chi connectivity index (χ4v) is 2.23. The van der Waals surface area contributed by atoms with Gasteiger partial charge in [-0.2, -0.15) is 0 Å². The molecule has 0 radical (unpaired) electrons. The minimum absolute atomic E-state index is 0.139. The van der Waals surface area contributed by atoms with Crippen LogP contribution in [0.3, 0.4) is 0 Å². The lowest BCUT2D eigenvalue weighted by Gasteiger charge is -2.16. The SMILES string of the molecule is CCc1ccccc1CN[C@H](C)c1cccc(F)c1. The van der Waals surface area contributed by atoms with Crippen molar-refractivity contribution in [3.8, 4) is 0 Å². The molecule has 0 spiro atoms. The highest BCUT2D eigenvalue weighted by molar-refractivity contribution is 5.27. The van der Waals surface area contributed by atoms with E-state index in [0.29, 0.717) is 0 Å². The van der Waals surface area contributed by atoms with E-state index in [1.165, 1.54) is 17.2 Å². The maximum Gasteiger partial charge on any atom is 0.123 e. The summed E-state index contributed by atoms with van der Waals surface area (Å²) in [4.78, 5) is 0. The quantitative estimate of drug-likeness (QED) is 0.844. The second-order valence-electron chi connectivity index (χ2n) is 4.78. The standard InChI is InChI=1S/C17H20FN/c1-3-14-7-4-5-8-16(14)12-19-13(2)15-9-6-10-17(18)11-15/h4-11,13,19H,3,12H2,1-2H3/t13-/m1/s1. The van der Waals surface area contributed by atoms with Gasteiger partial charge in [-0.1, -0.05) is 43.3 Å².